The van der Waals surface area contributed by atoms with E-state index in [1.807, 2.05) is 38.1 Å². The van der Waals surface area contributed by atoms with Gasteiger partial charge in [0, 0.05) is 6.42 Å². The van der Waals surface area contributed by atoms with E-state index in [2.05, 4.69) is 5.32 Å². The van der Waals surface area contributed by atoms with Crippen LogP contribution in [-0.2, 0) is 22.4 Å². The van der Waals surface area contributed by atoms with E-state index in [0.717, 1.165) is 28.0 Å². The van der Waals surface area contributed by atoms with Crippen LogP contribution < -0.4 is 15.0 Å². The van der Waals surface area contributed by atoms with Gasteiger partial charge < -0.3 is 4.74 Å². The molecule has 1 aliphatic rings. The number of ether oxygens (including phenoxy) is 1. The predicted molar refractivity (Wildman–Crippen MR) is 132 cm³/mol. The number of hydrogen-bond acceptors (Lipinski definition) is 4. The summed E-state index contributed by atoms with van der Waals surface area (Å²) in [5, 5.41) is 2.24. The number of carbonyl (C=O) groups is 3. The third-order valence-corrected chi connectivity index (χ3v) is 5.69. The fourth-order valence-electron chi connectivity index (χ4n) is 3.90. The van der Waals surface area contributed by atoms with Gasteiger partial charge in [0.05, 0.1) is 12.3 Å². The third kappa shape index (κ3) is 5.30. The van der Waals surface area contributed by atoms with E-state index >= 15 is 0 Å². The summed E-state index contributed by atoms with van der Waals surface area (Å²) < 4.78 is 19.4. The van der Waals surface area contributed by atoms with Crippen LogP contribution in [0.3, 0.4) is 0 Å². The van der Waals surface area contributed by atoms with Crippen LogP contribution in [0.25, 0.3) is 6.08 Å². The Bertz CT molecular complexity index is 1310. The molecule has 1 fully saturated rings. The number of halogens is 1. The summed E-state index contributed by atoms with van der Waals surface area (Å²) in [6.07, 6.45) is 2.72. The molecule has 3 aromatic rings. The van der Waals surface area contributed by atoms with Crippen molar-refractivity contribution in [1.29, 1.82) is 0 Å². The van der Waals surface area contributed by atoms with E-state index in [0.29, 0.717) is 30.0 Å². The number of urea groups is 1. The van der Waals surface area contributed by atoms with Gasteiger partial charge in [0.15, 0.2) is 0 Å². The molecule has 0 aromatic heterocycles. The molecule has 0 unspecified atom stereocenters. The van der Waals surface area contributed by atoms with E-state index in [9.17, 15) is 18.8 Å². The Morgan fingerprint density at radius 3 is 2.40 bits per heavy atom. The first-order valence-electron chi connectivity index (χ1n) is 11.4. The zero-order valence-corrected chi connectivity index (χ0v) is 19.5. The molecule has 1 heterocycles. The van der Waals surface area contributed by atoms with Crippen LogP contribution in [0.15, 0.2) is 72.3 Å². The molecule has 4 amide bonds. The molecule has 0 aliphatic carbocycles. The molecule has 0 bridgehead atoms. The van der Waals surface area contributed by atoms with Gasteiger partial charge in [0.2, 0.25) is 0 Å². The van der Waals surface area contributed by atoms with E-state index in [1.165, 1.54) is 18.2 Å². The molecular weight excluding hydrogens is 447 g/mol. The van der Waals surface area contributed by atoms with Gasteiger partial charge in [-0.05, 0) is 72.0 Å². The maximum atomic E-state index is 13.6. The minimum Gasteiger partial charge on any atom is -0.494 e. The zero-order valence-electron chi connectivity index (χ0n) is 19.5. The lowest BCUT2D eigenvalue weighted by Gasteiger charge is -2.26. The zero-order chi connectivity index (χ0) is 24.9. The van der Waals surface area contributed by atoms with Crippen LogP contribution in [0.5, 0.6) is 5.75 Å². The van der Waals surface area contributed by atoms with Crippen molar-refractivity contribution in [1.82, 2.24) is 5.32 Å². The summed E-state index contributed by atoms with van der Waals surface area (Å²) in [5.41, 5.74) is 3.47. The first-order chi connectivity index (χ1) is 16.9. The first kappa shape index (κ1) is 23.9. The molecule has 35 heavy (non-hydrogen) atoms. The van der Waals surface area contributed by atoms with Gasteiger partial charge in [-0.15, -0.1) is 0 Å². The van der Waals surface area contributed by atoms with Gasteiger partial charge in [0.1, 0.15) is 17.1 Å². The number of benzene rings is 3. The Hall–Kier alpha value is -4.26. The van der Waals surface area contributed by atoms with Gasteiger partial charge in [-0.2, -0.15) is 0 Å². The van der Waals surface area contributed by atoms with E-state index < -0.39 is 17.8 Å². The van der Waals surface area contributed by atoms with Crippen molar-refractivity contribution in [2.45, 2.75) is 26.7 Å². The minimum atomic E-state index is -0.790. The molecule has 178 valence electrons. The van der Waals surface area contributed by atoms with Gasteiger partial charge in [-0.1, -0.05) is 43.3 Å². The Kier molecular flexibility index (Phi) is 7.06. The molecule has 1 saturated heterocycles. The van der Waals surface area contributed by atoms with Crippen LogP contribution in [-0.4, -0.2) is 24.5 Å². The van der Waals surface area contributed by atoms with Crippen LogP contribution in [0.2, 0.25) is 0 Å². The lowest BCUT2D eigenvalue weighted by molar-refractivity contribution is -0.122. The number of imide groups is 2. The SMILES string of the molecule is CCOc1cc(/C=C2\C(=O)NC(=O)N(c3ccc(CC)cc3)C2=O)ccc1Cc1cccc(F)c1. The normalized spacial score (nSPS) is 14.9. The molecular formula is C28H25FN2O4. The number of barbiturate groups is 1. The van der Waals surface area contributed by atoms with Crippen molar-refractivity contribution in [3.05, 3.63) is 100 Å². The Morgan fingerprint density at radius 2 is 1.71 bits per heavy atom. The average molecular weight is 473 g/mol. The molecule has 1 aliphatic heterocycles. The lowest BCUT2D eigenvalue weighted by atomic mass is 10.0. The van der Waals surface area contributed by atoms with E-state index in [-0.39, 0.29) is 11.4 Å². The maximum Gasteiger partial charge on any atom is 0.335 e. The molecule has 4 rings (SSSR count). The van der Waals surface area contributed by atoms with Crippen molar-refractivity contribution in [2.75, 3.05) is 11.5 Å². The summed E-state index contributed by atoms with van der Waals surface area (Å²) in [6, 6.07) is 17.9. The second-order valence-electron chi connectivity index (χ2n) is 8.08. The molecule has 0 saturated carbocycles. The monoisotopic (exact) mass is 472 g/mol. The first-order valence-corrected chi connectivity index (χ1v) is 11.4. The quantitative estimate of drug-likeness (QED) is 0.386. The van der Waals surface area contributed by atoms with Crippen molar-refractivity contribution in [2.24, 2.45) is 0 Å². The van der Waals surface area contributed by atoms with Crippen LogP contribution in [0.1, 0.15) is 36.1 Å². The second-order valence-corrected chi connectivity index (χ2v) is 8.08. The number of amides is 4. The summed E-state index contributed by atoms with van der Waals surface area (Å²) in [4.78, 5) is 39.1. The topological polar surface area (TPSA) is 75.7 Å². The number of carbonyl (C=O) groups excluding carboxylic acids is 3. The largest absolute Gasteiger partial charge is 0.494 e. The second kappa shape index (κ2) is 10.3. The third-order valence-electron chi connectivity index (χ3n) is 5.69. The van der Waals surface area contributed by atoms with Crippen molar-refractivity contribution in [3.63, 3.8) is 0 Å². The van der Waals surface area contributed by atoms with Gasteiger partial charge in [-0.3, -0.25) is 14.9 Å². The fourth-order valence-corrected chi connectivity index (χ4v) is 3.90. The van der Waals surface area contributed by atoms with Crippen molar-refractivity contribution >= 4 is 29.6 Å². The molecule has 6 nitrogen and oxygen atoms in total. The highest BCUT2D eigenvalue weighted by atomic mass is 19.1. The van der Waals surface area contributed by atoms with Crippen LogP contribution in [0.4, 0.5) is 14.9 Å². The minimum absolute atomic E-state index is 0.163. The predicted octanol–water partition coefficient (Wildman–Crippen LogP) is 5.04. The lowest BCUT2D eigenvalue weighted by Crippen LogP contribution is -2.54. The standard InChI is InChI=1S/C28H25FN2O4/c1-3-18-9-12-23(13-10-18)31-27(33)24(26(32)30-28(31)34)16-20-8-11-21(25(17-20)35-4-2)14-19-6-5-7-22(29)15-19/h5-13,15-17H,3-4,14H2,1-2H3,(H,30,32,34)/b24-16+. The number of aryl methyl sites for hydroxylation is 1. The number of rotatable bonds is 7. The van der Waals surface area contributed by atoms with E-state index in [4.69, 9.17) is 4.74 Å². The molecule has 7 heteroatoms. The fraction of sp³-hybridized carbons (Fsp3) is 0.179. The highest BCUT2D eigenvalue weighted by Crippen LogP contribution is 2.27. The molecule has 3 aromatic carbocycles. The number of anilines is 1. The molecule has 0 atom stereocenters. The van der Waals surface area contributed by atoms with Crippen LogP contribution >= 0.6 is 0 Å². The van der Waals surface area contributed by atoms with Crippen LogP contribution in [0, 0.1) is 5.82 Å². The average Bonchev–Trinajstić information content (AvgIpc) is 2.84. The molecule has 1 N–H and O–H groups in total. The van der Waals surface area contributed by atoms with Gasteiger partial charge in [-0.25, -0.2) is 14.1 Å². The number of hydrogen-bond donors (Lipinski definition) is 1. The molecule has 0 radical (unpaired) electrons. The smallest absolute Gasteiger partial charge is 0.335 e. The Morgan fingerprint density at radius 1 is 0.943 bits per heavy atom. The Balaban J connectivity index is 1.65. The highest BCUT2D eigenvalue weighted by Gasteiger charge is 2.36. The number of nitrogens with one attached hydrogen (secondary N) is 1. The number of nitrogens with zero attached hydrogens (tertiary/aromatic N) is 1. The van der Waals surface area contributed by atoms with Gasteiger partial charge in [0.25, 0.3) is 11.8 Å². The van der Waals surface area contributed by atoms with Gasteiger partial charge >= 0.3 is 6.03 Å². The summed E-state index contributed by atoms with van der Waals surface area (Å²) >= 11 is 0. The Labute approximate surface area is 203 Å². The highest BCUT2D eigenvalue weighted by molar-refractivity contribution is 6.39. The van der Waals surface area contributed by atoms with Crippen molar-refractivity contribution < 1.29 is 23.5 Å². The van der Waals surface area contributed by atoms with E-state index in [1.54, 1.807) is 30.3 Å². The maximum absolute atomic E-state index is 13.6. The summed E-state index contributed by atoms with van der Waals surface area (Å²) in [7, 11) is 0. The molecule has 0 spiro atoms. The van der Waals surface area contributed by atoms with Crippen molar-refractivity contribution in [3.8, 4) is 5.75 Å². The summed E-state index contributed by atoms with van der Waals surface area (Å²) in [5.74, 6) is -1.21. The summed E-state index contributed by atoms with van der Waals surface area (Å²) in [6.45, 7) is 4.27.